The van der Waals surface area contributed by atoms with Gasteiger partial charge in [-0.1, -0.05) is 84.4 Å². The Morgan fingerprint density at radius 3 is 2.40 bits per heavy atom. The number of benzene rings is 4. The Morgan fingerprint density at radius 2 is 1.68 bits per heavy atom. The van der Waals surface area contributed by atoms with Crippen molar-refractivity contribution in [3.8, 4) is 28.3 Å². The number of hydrogen-bond donors (Lipinski definition) is 3. The van der Waals surface area contributed by atoms with Gasteiger partial charge < -0.3 is 15.4 Å². The number of ether oxygens (including phenoxy) is 1. The maximum Gasteiger partial charge on any atom is 0.323 e. The molecule has 0 aliphatic heterocycles. The van der Waals surface area contributed by atoms with Crippen LogP contribution in [0.15, 0.2) is 103 Å². The fraction of sp³-hybridized carbons (Fsp3) is 0.125. The number of rotatable bonds is 9. The molecule has 0 fully saturated rings. The second kappa shape index (κ2) is 12.5. The molecule has 2 amide bonds. The van der Waals surface area contributed by atoms with Crippen molar-refractivity contribution in [2.75, 3.05) is 10.6 Å². The van der Waals surface area contributed by atoms with Crippen molar-refractivity contribution in [2.24, 2.45) is 0 Å². The van der Waals surface area contributed by atoms with Gasteiger partial charge in [-0.3, -0.25) is 0 Å². The summed E-state index contributed by atoms with van der Waals surface area (Å²) >= 11 is 0. The molecular formula is C32H30N6O2. The number of aromatic nitrogens is 4. The molecule has 0 unspecified atom stereocenters. The third kappa shape index (κ3) is 6.42. The summed E-state index contributed by atoms with van der Waals surface area (Å²) in [5.74, 6) is 1.10. The summed E-state index contributed by atoms with van der Waals surface area (Å²) in [5.41, 5.74) is 6.94. The van der Waals surface area contributed by atoms with Crippen molar-refractivity contribution in [1.82, 2.24) is 20.6 Å². The number of amides is 2. The Labute approximate surface area is 233 Å². The van der Waals surface area contributed by atoms with Crippen molar-refractivity contribution < 1.29 is 9.53 Å². The van der Waals surface area contributed by atoms with E-state index in [9.17, 15) is 4.79 Å². The summed E-state index contributed by atoms with van der Waals surface area (Å²) in [7, 11) is 0. The van der Waals surface area contributed by atoms with Gasteiger partial charge in [0.2, 0.25) is 5.82 Å². The molecule has 40 heavy (non-hydrogen) atoms. The summed E-state index contributed by atoms with van der Waals surface area (Å²) in [5, 5.41) is 20.6. The maximum atomic E-state index is 13.2. The van der Waals surface area contributed by atoms with Gasteiger partial charge in [-0.15, -0.1) is 10.2 Å². The molecule has 0 bridgehead atoms. The maximum absolute atomic E-state index is 13.2. The average molecular weight is 531 g/mol. The summed E-state index contributed by atoms with van der Waals surface area (Å²) in [6, 6.07) is 29.1. The van der Waals surface area contributed by atoms with Crippen molar-refractivity contribution in [3.63, 3.8) is 0 Å². The average Bonchev–Trinajstić information content (AvgIpc) is 3.52. The third-order valence-electron chi connectivity index (χ3n) is 6.35. The van der Waals surface area contributed by atoms with Gasteiger partial charge in [0.15, 0.2) is 0 Å². The van der Waals surface area contributed by atoms with Gasteiger partial charge in [0.05, 0.1) is 5.69 Å². The zero-order valence-electron chi connectivity index (χ0n) is 22.4. The van der Waals surface area contributed by atoms with Crippen molar-refractivity contribution in [3.05, 3.63) is 120 Å². The predicted octanol–water partition coefficient (Wildman–Crippen LogP) is 7.18. The normalized spacial score (nSPS) is 10.9. The molecule has 0 saturated heterocycles. The second-order valence-corrected chi connectivity index (χ2v) is 9.29. The highest BCUT2D eigenvalue weighted by Crippen LogP contribution is 2.39. The van der Waals surface area contributed by atoms with Crippen LogP contribution in [0.4, 0.5) is 16.2 Å². The number of nitrogens with zero attached hydrogens (tertiary/aromatic N) is 3. The van der Waals surface area contributed by atoms with Gasteiger partial charge in [0.25, 0.3) is 0 Å². The minimum absolute atomic E-state index is 0.358. The molecule has 5 aromatic rings. The number of urea groups is 1. The van der Waals surface area contributed by atoms with Gasteiger partial charge in [-0.2, -0.15) is 5.21 Å². The number of aryl methyl sites for hydroxylation is 1. The van der Waals surface area contributed by atoms with E-state index < -0.39 is 0 Å². The number of carbonyl (C=O) groups excluding carboxylic acids is 1. The lowest BCUT2D eigenvalue weighted by atomic mass is 9.95. The minimum atomic E-state index is -0.367. The third-order valence-corrected chi connectivity index (χ3v) is 6.35. The Morgan fingerprint density at radius 1 is 0.925 bits per heavy atom. The van der Waals surface area contributed by atoms with Gasteiger partial charge in [0.1, 0.15) is 12.4 Å². The molecule has 3 N–H and O–H groups in total. The fourth-order valence-corrected chi connectivity index (χ4v) is 4.36. The minimum Gasteiger partial charge on any atom is -0.486 e. The van der Waals surface area contributed by atoms with Crippen molar-refractivity contribution in [2.45, 2.75) is 26.9 Å². The zero-order valence-corrected chi connectivity index (χ0v) is 22.4. The van der Waals surface area contributed by atoms with Crippen LogP contribution in [0.1, 0.15) is 23.6 Å². The largest absolute Gasteiger partial charge is 0.486 e. The van der Waals surface area contributed by atoms with E-state index >= 15 is 0 Å². The number of hydrogen-bond acceptors (Lipinski definition) is 5. The van der Waals surface area contributed by atoms with Crippen LogP contribution < -0.4 is 15.4 Å². The van der Waals surface area contributed by atoms with Gasteiger partial charge in [-0.05, 0) is 66.4 Å². The van der Waals surface area contributed by atoms with E-state index in [0.29, 0.717) is 36.0 Å². The first-order valence-electron chi connectivity index (χ1n) is 13.0. The molecule has 0 aliphatic carbocycles. The molecule has 8 heteroatoms. The molecule has 0 radical (unpaired) electrons. The predicted molar refractivity (Wildman–Crippen MR) is 158 cm³/mol. The summed E-state index contributed by atoms with van der Waals surface area (Å²) < 4.78 is 6.40. The van der Waals surface area contributed by atoms with Crippen LogP contribution >= 0.6 is 0 Å². The molecular weight excluding hydrogens is 500 g/mol. The molecule has 4 aromatic carbocycles. The Balaban J connectivity index is 1.57. The molecule has 5 rings (SSSR count). The highest BCUT2D eigenvalue weighted by molar-refractivity contribution is 6.01. The summed E-state index contributed by atoms with van der Waals surface area (Å²) in [6.07, 6.45) is 4.68. The number of tetrazole rings is 1. The van der Waals surface area contributed by atoms with Crippen molar-refractivity contribution >= 4 is 17.4 Å². The molecule has 0 saturated carbocycles. The highest BCUT2D eigenvalue weighted by Gasteiger charge is 2.18. The van der Waals surface area contributed by atoms with E-state index in [0.717, 1.165) is 33.4 Å². The number of anilines is 2. The van der Waals surface area contributed by atoms with Crippen LogP contribution in [-0.2, 0) is 13.0 Å². The van der Waals surface area contributed by atoms with Crippen LogP contribution in [0.3, 0.4) is 0 Å². The number of carbonyl (C=O) groups is 1. The SMILES string of the molecule is CC=CCc1cc(-c2ccccc2-c2nn[nH]n2)cc(NC(=O)Nc2ccc(C)cc2)c1OCc1ccccc1. The van der Waals surface area contributed by atoms with Crippen LogP contribution in [0, 0.1) is 6.92 Å². The number of nitrogens with one attached hydrogen (secondary N) is 3. The molecule has 200 valence electrons. The van der Waals surface area contributed by atoms with Crippen molar-refractivity contribution in [1.29, 1.82) is 0 Å². The lowest BCUT2D eigenvalue weighted by molar-refractivity contribution is 0.261. The second-order valence-electron chi connectivity index (χ2n) is 9.29. The van der Waals surface area contributed by atoms with E-state index in [1.165, 1.54) is 0 Å². The van der Waals surface area contributed by atoms with E-state index in [1.54, 1.807) is 0 Å². The van der Waals surface area contributed by atoms with Crippen LogP contribution in [0.2, 0.25) is 0 Å². The first-order valence-corrected chi connectivity index (χ1v) is 13.0. The molecule has 0 atom stereocenters. The van der Waals surface area contributed by atoms with E-state index in [4.69, 9.17) is 4.74 Å². The zero-order chi connectivity index (χ0) is 27.7. The first-order chi connectivity index (χ1) is 19.6. The number of allylic oxidation sites excluding steroid dienone is 2. The highest BCUT2D eigenvalue weighted by atomic mass is 16.5. The lowest BCUT2D eigenvalue weighted by Gasteiger charge is -2.19. The topological polar surface area (TPSA) is 105 Å². The van der Waals surface area contributed by atoms with Gasteiger partial charge >= 0.3 is 6.03 Å². The molecule has 8 nitrogen and oxygen atoms in total. The van der Waals surface area contributed by atoms with Gasteiger partial charge in [0, 0.05) is 16.8 Å². The molecule has 1 aromatic heterocycles. The molecule has 0 spiro atoms. The van der Waals surface area contributed by atoms with E-state index in [2.05, 4.69) is 43.4 Å². The molecule has 1 heterocycles. The number of aromatic amines is 1. The summed E-state index contributed by atoms with van der Waals surface area (Å²) in [6.45, 7) is 4.34. The fourth-order valence-electron chi connectivity index (χ4n) is 4.36. The lowest BCUT2D eigenvalue weighted by Crippen LogP contribution is -2.20. The van der Waals surface area contributed by atoms with Crippen LogP contribution in [-0.4, -0.2) is 26.7 Å². The summed E-state index contributed by atoms with van der Waals surface area (Å²) in [4.78, 5) is 13.2. The standard InChI is InChI=1S/C32H30N6O2/c1-3-4-12-24-19-25(27-13-8-9-14-28(27)31-35-37-38-36-31)20-29(30(24)40-21-23-10-6-5-7-11-23)34-32(39)33-26-17-15-22(2)16-18-26/h3-11,13-20H,12,21H2,1-2H3,(H2,33,34,39)(H,35,36,37,38). The van der Waals surface area contributed by atoms with Crippen LogP contribution in [0.25, 0.3) is 22.5 Å². The monoisotopic (exact) mass is 530 g/mol. The Bertz CT molecular complexity index is 1600. The Kier molecular flexibility index (Phi) is 8.26. The smallest absolute Gasteiger partial charge is 0.323 e. The van der Waals surface area contributed by atoms with E-state index in [-0.39, 0.29) is 6.03 Å². The number of H-pyrrole nitrogens is 1. The quantitative estimate of drug-likeness (QED) is 0.175. The van der Waals surface area contributed by atoms with Gasteiger partial charge in [-0.25, -0.2) is 4.79 Å². The first kappa shape index (κ1) is 26.4. The van der Waals surface area contributed by atoms with E-state index in [1.807, 2.05) is 105 Å². The van der Waals surface area contributed by atoms with Crippen LogP contribution in [0.5, 0.6) is 5.75 Å². The Hall–Kier alpha value is -5.24. The molecule has 0 aliphatic rings.